The van der Waals surface area contributed by atoms with Crippen LogP contribution in [0.1, 0.15) is 16.8 Å². The van der Waals surface area contributed by atoms with E-state index in [0.717, 1.165) is 11.1 Å². The van der Waals surface area contributed by atoms with Crippen LogP contribution in [0.2, 0.25) is 5.02 Å². The van der Waals surface area contributed by atoms with E-state index in [4.69, 9.17) is 11.6 Å². The summed E-state index contributed by atoms with van der Waals surface area (Å²) in [5.74, 6) is -0.0817. The average Bonchev–Trinajstić information content (AvgIpc) is 2.64. The molecule has 0 bridgehead atoms. The molecule has 1 aromatic heterocycles. The average molecular weight is 418 g/mol. The zero-order chi connectivity index (χ0) is 20.1. The minimum absolute atomic E-state index is 0.0417. The van der Waals surface area contributed by atoms with Crippen LogP contribution in [-0.2, 0) is 17.0 Å². The molecule has 0 spiro atoms. The fraction of sp³-hybridized carbons (Fsp3) is 0.150. The van der Waals surface area contributed by atoms with Gasteiger partial charge in [-0.1, -0.05) is 41.6 Å². The molecule has 1 heterocycles. The van der Waals surface area contributed by atoms with Gasteiger partial charge in [0.15, 0.2) is 5.16 Å². The number of amides is 1. The first kappa shape index (κ1) is 20.1. The van der Waals surface area contributed by atoms with Crippen molar-refractivity contribution in [3.8, 4) is 0 Å². The fourth-order valence-corrected chi connectivity index (χ4v) is 3.50. The van der Waals surface area contributed by atoms with Crippen molar-refractivity contribution in [2.24, 2.45) is 0 Å². The number of rotatable bonds is 6. The summed E-state index contributed by atoms with van der Waals surface area (Å²) in [5.41, 5.74) is 2.31. The van der Waals surface area contributed by atoms with Crippen LogP contribution in [0.25, 0.3) is 0 Å². The van der Waals surface area contributed by atoms with Crippen LogP contribution in [0.3, 0.4) is 0 Å². The lowest BCUT2D eigenvalue weighted by Gasteiger charge is -2.09. The number of benzene rings is 2. The standard InChI is InChI=1S/C20H17ClFN3O2S/c1-12-16(21)3-2-4-17(12)24-18(26)9-15-10-19(27)25-20(23-15)28-11-13-5-7-14(22)8-6-13/h2-8,10H,9,11H2,1H3,(H,24,26)(H,23,25,27). The predicted octanol–water partition coefficient (Wildman–Crippen LogP) is 4.34. The zero-order valence-corrected chi connectivity index (χ0v) is 16.5. The molecular formula is C20H17ClFN3O2S. The van der Waals surface area contributed by atoms with E-state index in [1.165, 1.54) is 30.0 Å². The molecule has 0 fully saturated rings. The number of halogens is 2. The minimum atomic E-state index is -0.335. The fourth-order valence-electron chi connectivity index (χ4n) is 2.48. The Kier molecular flexibility index (Phi) is 6.49. The van der Waals surface area contributed by atoms with Crippen LogP contribution < -0.4 is 10.9 Å². The third-order valence-corrected chi connectivity index (χ3v) is 5.30. The summed E-state index contributed by atoms with van der Waals surface area (Å²) in [4.78, 5) is 31.2. The number of carbonyl (C=O) groups is 1. The van der Waals surface area contributed by atoms with Crippen LogP contribution in [0.5, 0.6) is 0 Å². The second kappa shape index (κ2) is 9.03. The number of anilines is 1. The van der Waals surface area contributed by atoms with Crippen LogP contribution in [0.15, 0.2) is 58.5 Å². The van der Waals surface area contributed by atoms with Gasteiger partial charge in [0.05, 0.1) is 12.1 Å². The Morgan fingerprint density at radius 1 is 1.25 bits per heavy atom. The number of thioether (sulfide) groups is 1. The number of hydrogen-bond donors (Lipinski definition) is 2. The highest BCUT2D eigenvalue weighted by atomic mass is 35.5. The summed E-state index contributed by atoms with van der Waals surface area (Å²) >= 11 is 7.37. The van der Waals surface area contributed by atoms with Gasteiger partial charge in [0, 0.05) is 22.5 Å². The quantitative estimate of drug-likeness (QED) is 0.462. The van der Waals surface area contributed by atoms with Gasteiger partial charge < -0.3 is 10.3 Å². The molecule has 0 radical (unpaired) electrons. The lowest BCUT2D eigenvalue weighted by Crippen LogP contribution is -2.18. The number of nitrogens with zero attached hydrogens (tertiary/aromatic N) is 1. The molecule has 144 valence electrons. The van der Waals surface area contributed by atoms with Crippen LogP contribution in [-0.4, -0.2) is 15.9 Å². The summed E-state index contributed by atoms with van der Waals surface area (Å²) in [5, 5.41) is 3.75. The van der Waals surface area contributed by atoms with Gasteiger partial charge in [0.25, 0.3) is 5.56 Å². The number of hydrogen-bond acceptors (Lipinski definition) is 4. The van der Waals surface area contributed by atoms with Gasteiger partial charge in [-0.25, -0.2) is 9.37 Å². The third kappa shape index (κ3) is 5.43. The lowest BCUT2D eigenvalue weighted by molar-refractivity contribution is -0.115. The third-order valence-electron chi connectivity index (χ3n) is 3.95. The molecule has 3 rings (SSSR count). The second-order valence-electron chi connectivity index (χ2n) is 6.09. The highest BCUT2D eigenvalue weighted by molar-refractivity contribution is 7.98. The van der Waals surface area contributed by atoms with Crippen molar-refractivity contribution in [1.29, 1.82) is 0 Å². The summed E-state index contributed by atoms with van der Waals surface area (Å²) in [6.45, 7) is 1.81. The Morgan fingerprint density at radius 3 is 2.75 bits per heavy atom. The van der Waals surface area contributed by atoms with Gasteiger partial charge in [0.2, 0.25) is 5.91 Å². The number of carbonyl (C=O) groups excluding carboxylic acids is 1. The minimum Gasteiger partial charge on any atom is -0.325 e. The van der Waals surface area contributed by atoms with E-state index in [1.54, 1.807) is 30.3 Å². The first-order valence-corrected chi connectivity index (χ1v) is 9.79. The molecular weight excluding hydrogens is 401 g/mol. The number of H-pyrrole nitrogens is 1. The Labute approximate surface area is 170 Å². The summed E-state index contributed by atoms with van der Waals surface area (Å²) in [6, 6.07) is 12.7. The van der Waals surface area contributed by atoms with Crippen molar-refractivity contribution in [3.63, 3.8) is 0 Å². The first-order chi connectivity index (χ1) is 13.4. The molecule has 0 aliphatic rings. The maximum absolute atomic E-state index is 13.0. The van der Waals surface area contributed by atoms with E-state index >= 15 is 0 Å². The molecule has 0 atom stereocenters. The van der Waals surface area contributed by atoms with Gasteiger partial charge in [-0.15, -0.1) is 0 Å². The number of aromatic amines is 1. The Hall–Kier alpha value is -2.64. The lowest BCUT2D eigenvalue weighted by atomic mass is 10.2. The van der Waals surface area contributed by atoms with Crippen molar-refractivity contribution in [3.05, 3.63) is 86.5 Å². The van der Waals surface area contributed by atoms with Crippen LogP contribution >= 0.6 is 23.4 Å². The first-order valence-electron chi connectivity index (χ1n) is 8.43. The van der Waals surface area contributed by atoms with E-state index in [2.05, 4.69) is 15.3 Å². The van der Waals surface area contributed by atoms with Crippen molar-refractivity contribution in [2.75, 3.05) is 5.32 Å². The maximum Gasteiger partial charge on any atom is 0.251 e. The highest BCUT2D eigenvalue weighted by Crippen LogP contribution is 2.23. The van der Waals surface area contributed by atoms with Gasteiger partial charge >= 0.3 is 0 Å². The molecule has 2 N–H and O–H groups in total. The molecule has 0 aliphatic carbocycles. The van der Waals surface area contributed by atoms with Gasteiger partial charge in [-0.3, -0.25) is 9.59 Å². The molecule has 0 saturated carbocycles. The molecule has 3 aromatic rings. The van der Waals surface area contributed by atoms with Gasteiger partial charge in [-0.2, -0.15) is 0 Å². The summed E-state index contributed by atoms with van der Waals surface area (Å²) in [7, 11) is 0. The molecule has 0 unspecified atom stereocenters. The monoisotopic (exact) mass is 417 g/mol. The molecule has 8 heteroatoms. The smallest absolute Gasteiger partial charge is 0.251 e. The Balaban J connectivity index is 1.67. The molecule has 5 nitrogen and oxygen atoms in total. The van der Waals surface area contributed by atoms with E-state index in [9.17, 15) is 14.0 Å². The largest absolute Gasteiger partial charge is 0.325 e. The summed E-state index contributed by atoms with van der Waals surface area (Å²) in [6.07, 6.45) is -0.0417. The topological polar surface area (TPSA) is 74.8 Å². The van der Waals surface area contributed by atoms with Gasteiger partial charge in [-0.05, 0) is 42.3 Å². The Morgan fingerprint density at radius 2 is 2.00 bits per heavy atom. The number of aromatic nitrogens is 2. The molecule has 28 heavy (non-hydrogen) atoms. The van der Waals surface area contributed by atoms with Crippen molar-refractivity contribution in [1.82, 2.24) is 9.97 Å². The predicted molar refractivity (Wildman–Crippen MR) is 109 cm³/mol. The second-order valence-corrected chi connectivity index (χ2v) is 7.47. The Bertz CT molecular complexity index is 1050. The van der Waals surface area contributed by atoms with Gasteiger partial charge in [0.1, 0.15) is 5.82 Å². The van der Waals surface area contributed by atoms with E-state index in [-0.39, 0.29) is 23.7 Å². The molecule has 0 saturated heterocycles. The van der Waals surface area contributed by atoms with E-state index in [1.807, 2.05) is 6.92 Å². The van der Waals surface area contributed by atoms with Crippen molar-refractivity contribution < 1.29 is 9.18 Å². The van der Waals surface area contributed by atoms with Crippen LogP contribution in [0.4, 0.5) is 10.1 Å². The molecule has 0 aliphatic heterocycles. The van der Waals surface area contributed by atoms with E-state index < -0.39 is 0 Å². The van der Waals surface area contributed by atoms with Crippen LogP contribution in [0, 0.1) is 12.7 Å². The van der Waals surface area contributed by atoms with E-state index in [0.29, 0.717) is 27.3 Å². The molecule has 2 aromatic carbocycles. The SMILES string of the molecule is Cc1c(Cl)cccc1NC(=O)Cc1cc(=O)[nH]c(SCc2ccc(F)cc2)n1. The maximum atomic E-state index is 13.0. The zero-order valence-electron chi connectivity index (χ0n) is 15.0. The highest BCUT2D eigenvalue weighted by Gasteiger charge is 2.10. The normalized spacial score (nSPS) is 10.7. The van der Waals surface area contributed by atoms with Crippen molar-refractivity contribution in [2.45, 2.75) is 24.3 Å². The molecule has 1 amide bonds. The summed E-state index contributed by atoms with van der Waals surface area (Å²) < 4.78 is 13.0. The van der Waals surface area contributed by atoms with Crippen molar-refractivity contribution >= 4 is 35.0 Å². The number of nitrogens with one attached hydrogen (secondary N) is 2.